The fraction of sp³-hybridized carbons (Fsp3) is 0.467. The smallest absolute Gasteiger partial charge is 0.276 e. The van der Waals surface area contributed by atoms with Gasteiger partial charge in [0.05, 0.1) is 5.69 Å². The molecule has 2 aromatic heterocycles. The first-order valence-corrected chi connectivity index (χ1v) is 7.28. The summed E-state index contributed by atoms with van der Waals surface area (Å²) in [5, 5.41) is 3.85. The van der Waals surface area contributed by atoms with E-state index in [2.05, 4.69) is 15.1 Å². The van der Waals surface area contributed by atoms with Crippen molar-refractivity contribution in [1.29, 1.82) is 0 Å². The first-order valence-electron chi connectivity index (χ1n) is 7.28. The highest BCUT2D eigenvalue weighted by molar-refractivity contribution is 5.92. The van der Waals surface area contributed by atoms with Gasteiger partial charge in [0, 0.05) is 50.1 Å². The number of carbonyl (C=O) groups is 1. The predicted molar refractivity (Wildman–Crippen MR) is 75.8 cm³/mol. The van der Waals surface area contributed by atoms with Crippen molar-refractivity contribution < 1.29 is 9.32 Å². The Hall–Kier alpha value is -2.24. The van der Waals surface area contributed by atoms with Crippen LogP contribution in [-0.2, 0) is 6.42 Å². The molecule has 0 atom stereocenters. The van der Waals surface area contributed by atoms with E-state index in [4.69, 9.17) is 4.52 Å². The van der Waals surface area contributed by atoms with E-state index in [0.717, 1.165) is 30.7 Å². The van der Waals surface area contributed by atoms with E-state index in [1.807, 2.05) is 18.0 Å². The molecule has 1 aliphatic heterocycles. The lowest BCUT2D eigenvalue weighted by Crippen LogP contribution is -2.38. The average Bonchev–Trinajstić information content (AvgIpc) is 3.04. The van der Waals surface area contributed by atoms with Crippen LogP contribution in [0.4, 0.5) is 0 Å². The number of hydrogen-bond donors (Lipinski definition) is 0. The van der Waals surface area contributed by atoms with Crippen molar-refractivity contribution in [3.8, 4) is 0 Å². The Morgan fingerprint density at radius 3 is 2.81 bits per heavy atom. The lowest BCUT2D eigenvalue weighted by atomic mass is 9.93. The maximum Gasteiger partial charge on any atom is 0.276 e. The number of piperidine rings is 1. The number of hydrogen-bond acceptors (Lipinski definition) is 5. The third kappa shape index (κ3) is 2.94. The second-order valence-corrected chi connectivity index (χ2v) is 5.23. The molecule has 1 fully saturated rings. The van der Waals surface area contributed by atoms with E-state index in [1.165, 1.54) is 0 Å². The lowest BCUT2D eigenvalue weighted by Gasteiger charge is -2.31. The van der Waals surface area contributed by atoms with Gasteiger partial charge in [0.1, 0.15) is 5.76 Å². The highest BCUT2D eigenvalue weighted by atomic mass is 16.5. The van der Waals surface area contributed by atoms with Gasteiger partial charge in [0.2, 0.25) is 0 Å². The third-order valence-electron chi connectivity index (χ3n) is 3.91. The monoisotopic (exact) mass is 286 g/mol. The summed E-state index contributed by atoms with van der Waals surface area (Å²) in [4.78, 5) is 22.6. The van der Waals surface area contributed by atoms with Gasteiger partial charge in [-0.25, -0.2) is 0 Å². The second kappa shape index (κ2) is 6.03. The van der Waals surface area contributed by atoms with Gasteiger partial charge in [0.15, 0.2) is 5.69 Å². The highest BCUT2D eigenvalue weighted by Crippen LogP contribution is 2.26. The molecular weight excluding hydrogens is 268 g/mol. The zero-order valence-corrected chi connectivity index (χ0v) is 12.0. The summed E-state index contributed by atoms with van der Waals surface area (Å²) in [6, 6.07) is 1.73. The van der Waals surface area contributed by atoms with E-state index in [9.17, 15) is 4.79 Å². The third-order valence-corrected chi connectivity index (χ3v) is 3.91. The maximum atomic E-state index is 12.3. The Kier molecular flexibility index (Phi) is 3.94. The van der Waals surface area contributed by atoms with Gasteiger partial charge >= 0.3 is 0 Å². The van der Waals surface area contributed by atoms with Crippen LogP contribution in [0.5, 0.6) is 0 Å². The minimum atomic E-state index is -0.0453. The van der Waals surface area contributed by atoms with Crippen LogP contribution in [0.3, 0.4) is 0 Å². The van der Waals surface area contributed by atoms with E-state index < -0.39 is 0 Å². The second-order valence-electron chi connectivity index (χ2n) is 5.23. The fourth-order valence-electron chi connectivity index (χ4n) is 2.64. The highest BCUT2D eigenvalue weighted by Gasteiger charge is 2.26. The first-order chi connectivity index (χ1) is 10.3. The number of aryl methyl sites for hydroxylation is 1. The summed E-state index contributed by atoms with van der Waals surface area (Å²) in [5.41, 5.74) is 1.42. The van der Waals surface area contributed by atoms with Crippen molar-refractivity contribution in [2.75, 3.05) is 13.1 Å². The number of amides is 1. The molecule has 3 heterocycles. The van der Waals surface area contributed by atoms with Crippen molar-refractivity contribution in [2.45, 2.75) is 32.1 Å². The number of rotatable bonds is 3. The molecule has 1 saturated heterocycles. The number of nitrogens with zero attached hydrogens (tertiary/aromatic N) is 4. The molecule has 0 aromatic carbocycles. The molecule has 0 radical (unpaired) electrons. The van der Waals surface area contributed by atoms with Crippen molar-refractivity contribution >= 4 is 5.91 Å². The Labute approximate surface area is 123 Å². The van der Waals surface area contributed by atoms with Gasteiger partial charge in [0.25, 0.3) is 5.91 Å². The first kappa shape index (κ1) is 13.7. The molecule has 110 valence electrons. The van der Waals surface area contributed by atoms with Gasteiger partial charge in [-0.3, -0.25) is 14.8 Å². The van der Waals surface area contributed by atoms with Crippen LogP contribution < -0.4 is 0 Å². The summed E-state index contributed by atoms with van der Waals surface area (Å²) in [6.07, 6.45) is 7.76. The molecule has 1 amide bonds. The minimum absolute atomic E-state index is 0.0453. The summed E-state index contributed by atoms with van der Waals surface area (Å²) in [7, 11) is 0. The molecule has 1 aliphatic rings. The van der Waals surface area contributed by atoms with Crippen molar-refractivity contribution in [3.05, 3.63) is 41.8 Å². The number of carbonyl (C=O) groups excluding carboxylic acids is 1. The van der Waals surface area contributed by atoms with Crippen LogP contribution >= 0.6 is 0 Å². The molecule has 2 aromatic rings. The van der Waals surface area contributed by atoms with Gasteiger partial charge in [-0.2, -0.15) is 0 Å². The summed E-state index contributed by atoms with van der Waals surface area (Å²) in [6.45, 7) is 3.41. The normalized spacial score (nSPS) is 16.1. The standard InChI is InChI=1S/C15H18N4O2/c1-2-12-9-13(18-21-12)15(20)19-7-3-11(4-8-19)14-10-16-5-6-17-14/h5-6,9-11H,2-4,7-8H2,1H3. The Bertz CT molecular complexity index is 603. The van der Waals surface area contributed by atoms with E-state index in [-0.39, 0.29) is 5.91 Å². The van der Waals surface area contributed by atoms with Crippen LogP contribution in [0.1, 0.15) is 47.6 Å². The molecule has 6 heteroatoms. The van der Waals surface area contributed by atoms with Gasteiger partial charge in [-0.1, -0.05) is 12.1 Å². The number of aromatic nitrogens is 3. The van der Waals surface area contributed by atoms with Crippen LogP contribution in [-0.4, -0.2) is 39.0 Å². The quantitative estimate of drug-likeness (QED) is 0.863. The predicted octanol–water partition coefficient (Wildman–Crippen LogP) is 2.05. The Morgan fingerprint density at radius 1 is 1.38 bits per heavy atom. The fourth-order valence-corrected chi connectivity index (χ4v) is 2.64. The molecule has 6 nitrogen and oxygen atoms in total. The molecular formula is C15H18N4O2. The maximum absolute atomic E-state index is 12.3. The lowest BCUT2D eigenvalue weighted by molar-refractivity contribution is 0.0701. The SMILES string of the molecule is CCc1cc(C(=O)N2CCC(c3cnccn3)CC2)no1. The average molecular weight is 286 g/mol. The van der Waals surface area contributed by atoms with Crippen molar-refractivity contribution in [2.24, 2.45) is 0 Å². The summed E-state index contributed by atoms with van der Waals surface area (Å²) >= 11 is 0. The molecule has 0 saturated carbocycles. The van der Waals surface area contributed by atoms with Crippen LogP contribution in [0.2, 0.25) is 0 Å². The van der Waals surface area contributed by atoms with Gasteiger partial charge < -0.3 is 9.42 Å². The van der Waals surface area contributed by atoms with E-state index in [1.54, 1.807) is 18.5 Å². The topological polar surface area (TPSA) is 72.1 Å². The molecule has 0 N–H and O–H groups in total. The van der Waals surface area contributed by atoms with Crippen LogP contribution in [0.15, 0.2) is 29.2 Å². The van der Waals surface area contributed by atoms with Crippen LogP contribution in [0, 0.1) is 0 Å². The minimum Gasteiger partial charge on any atom is -0.361 e. The van der Waals surface area contributed by atoms with E-state index in [0.29, 0.717) is 24.7 Å². The Balaban J connectivity index is 1.61. The molecule has 3 rings (SSSR count). The Morgan fingerprint density at radius 2 is 2.19 bits per heavy atom. The number of likely N-dealkylation sites (tertiary alicyclic amines) is 1. The van der Waals surface area contributed by atoms with Gasteiger partial charge in [-0.05, 0) is 12.8 Å². The molecule has 0 aliphatic carbocycles. The zero-order chi connectivity index (χ0) is 14.7. The van der Waals surface area contributed by atoms with Crippen LogP contribution in [0.25, 0.3) is 0 Å². The molecule has 0 spiro atoms. The van der Waals surface area contributed by atoms with Gasteiger partial charge in [-0.15, -0.1) is 0 Å². The molecule has 21 heavy (non-hydrogen) atoms. The molecule has 0 unspecified atom stereocenters. The van der Waals surface area contributed by atoms with E-state index >= 15 is 0 Å². The van der Waals surface area contributed by atoms with Crippen molar-refractivity contribution in [3.63, 3.8) is 0 Å². The summed E-state index contributed by atoms with van der Waals surface area (Å²) < 4.78 is 5.10. The molecule has 0 bridgehead atoms. The largest absolute Gasteiger partial charge is 0.361 e. The zero-order valence-electron chi connectivity index (χ0n) is 12.0. The summed E-state index contributed by atoms with van der Waals surface area (Å²) in [5.74, 6) is 1.08. The van der Waals surface area contributed by atoms with Crippen molar-refractivity contribution in [1.82, 2.24) is 20.0 Å².